The average molecular weight is 241 g/mol. The molecule has 0 unspecified atom stereocenters. The monoisotopic (exact) mass is 241 g/mol. The number of carbonyl (C=O) groups is 2. The Morgan fingerprint density at radius 2 is 1.94 bits per heavy atom. The summed E-state index contributed by atoms with van der Waals surface area (Å²) in [6, 6.07) is 7.08. The van der Waals surface area contributed by atoms with E-state index >= 15 is 0 Å². The minimum absolute atomic E-state index is 0.420. The first-order chi connectivity index (χ1) is 8.77. The number of ketones is 1. The Labute approximate surface area is 104 Å². The zero-order valence-electron chi connectivity index (χ0n) is 9.61. The van der Waals surface area contributed by atoms with Crippen LogP contribution >= 0.6 is 0 Å². The smallest absolute Gasteiger partial charge is 0.299 e. The summed E-state index contributed by atoms with van der Waals surface area (Å²) < 4.78 is 1.87. The molecule has 18 heavy (non-hydrogen) atoms. The van der Waals surface area contributed by atoms with E-state index in [4.69, 9.17) is 0 Å². The van der Waals surface area contributed by atoms with Gasteiger partial charge < -0.3 is 9.47 Å². The maximum Gasteiger partial charge on any atom is 0.299 e. The molecule has 0 spiro atoms. The Morgan fingerprint density at radius 3 is 2.72 bits per heavy atom. The Balaban J connectivity index is 1.84. The highest BCUT2D eigenvalue weighted by Crippen LogP contribution is 2.28. The first kappa shape index (κ1) is 10.7. The highest BCUT2D eigenvalue weighted by atomic mass is 16.2. The van der Waals surface area contributed by atoms with Gasteiger partial charge in [-0.25, -0.2) is 4.98 Å². The van der Waals surface area contributed by atoms with Gasteiger partial charge in [0.1, 0.15) is 0 Å². The van der Waals surface area contributed by atoms with Crippen molar-refractivity contribution in [3.8, 4) is 0 Å². The fourth-order valence-electron chi connectivity index (χ4n) is 2.10. The van der Waals surface area contributed by atoms with Crippen molar-refractivity contribution in [2.24, 2.45) is 0 Å². The van der Waals surface area contributed by atoms with Crippen LogP contribution in [-0.2, 0) is 11.3 Å². The molecule has 5 nitrogen and oxygen atoms in total. The van der Waals surface area contributed by atoms with Crippen LogP contribution in [0.5, 0.6) is 0 Å². The van der Waals surface area contributed by atoms with Gasteiger partial charge in [0.05, 0.1) is 17.6 Å². The number of nitrogens with zero attached hydrogens (tertiary/aromatic N) is 3. The van der Waals surface area contributed by atoms with Gasteiger partial charge in [-0.3, -0.25) is 9.59 Å². The number of para-hydroxylation sites is 1. The Hall–Kier alpha value is -2.43. The summed E-state index contributed by atoms with van der Waals surface area (Å²) in [4.78, 5) is 29.1. The number of amides is 1. The fraction of sp³-hybridized carbons (Fsp3) is 0.154. The summed E-state index contributed by atoms with van der Waals surface area (Å²) in [5.41, 5.74) is 1.20. The molecular formula is C13H11N3O2. The lowest BCUT2D eigenvalue weighted by Gasteiger charge is -2.16. The van der Waals surface area contributed by atoms with Crippen LogP contribution in [0.3, 0.4) is 0 Å². The average Bonchev–Trinajstić information content (AvgIpc) is 2.98. The number of anilines is 1. The van der Waals surface area contributed by atoms with Crippen molar-refractivity contribution in [3.63, 3.8) is 0 Å². The maximum absolute atomic E-state index is 11.9. The quantitative estimate of drug-likeness (QED) is 0.756. The SMILES string of the molecule is O=C1C(=O)N(CCn2ccnc2)c2ccccc21. The maximum atomic E-state index is 11.9. The highest BCUT2D eigenvalue weighted by Gasteiger charge is 2.34. The molecule has 0 atom stereocenters. The van der Waals surface area contributed by atoms with Crippen LogP contribution in [0, 0.1) is 0 Å². The Morgan fingerprint density at radius 1 is 1.11 bits per heavy atom. The molecule has 2 aromatic rings. The van der Waals surface area contributed by atoms with E-state index in [0.29, 0.717) is 24.3 Å². The van der Waals surface area contributed by atoms with Crippen molar-refractivity contribution in [2.45, 2.75) is 6.54 Å². The summed E-state index contributed by atoms with van der Waals surface area (Å²) in [6.45, 7) is 1.09. The molecule has 90 valence electrons. The second-order valence-electron chi connectivity index (χ2n) is 4.10. The van der Waals surface area contributed by atoms with Crippen LogP contribution in [0.15, 0.2) is 43.0 Å². The van der Waals surface area contributed by atoms with Gasteiger partial charge in [0.15, 0.2) is 0 Å². The number of Topliss-reactive ketones (excluding diaryl/α,β-unsaturated/α-hetero) is 1. The van der Waals surface area contributed by atoms with Crippen LogP contribution in [0.1, 0.15) is 10.4 Å². The topological polar surface area (TPSA) is 55.2 Å². The van der Waals surface area contributed by atoms with Gasteiger partial charge in [-0.1, -0.05) is 12.1 Å². The van der Waals surface area contributed by atoms with E-state index in [1.165, 1.54) is 4.90 Å². The lowest BCUT2D eigenvalue weighted by molar-refractivity contribution is -0.114. The molecule has 0 aliphatic carbocycles. The number of hydrogen-bond acceptors (Lipinski definition) is 3. The van der Waals surface area contributed by atoms with Crippen LogP contribution in [0.2, 0.25) is 0 Å². The van der Waals surface area contributed by atoms with E-state index in [-0.39, 0.29) is 0 Å². The summed E-state index contributed by atoms with van der Waals surface area (Å²) in [7, 11) is 0. The van der Waals surface area contributed by atoms with Crippen LogP contribution in [-0.4, -0.2) is 27.8 Å². The summed E-state index contributed by atoms with van der Waals surface area (Å²) >= 11 is 0. The summed E-state index contributed by atoms with van der Waals surface area (Å²) in [5, 5.41) is 0. The molecule has 0 saturated carbocycles. The lowest BCUT2D eigenvalue weighted by atomic mass is 10.1. The van der Waals surface area contributed by atoms with Crippen LogP contribution in [0.4, 0.5) is 5.69 Å². The molecule has 3 rings (SSSR count). The number of hydrogen-bond donors (Lipinski definition) is 0. The number of rotatable bonds is 3. The van der Waals surface area contributed by atoms with E-state index in [9.17, 15) is 9.59 Å². The molecule has 2 heterocycles. The fourth-order valence-corrected chi connectivity index (χ4v) is 2.10. The molecule has 0 saturated heterocycles. The minimum atomic E-state index is -0.448. The molecule has 0 N–H and O–H groups in total. The van der Waals surface area contributed by atoms with Crippen molar-refractivity contribution < 1.29 is 9.59 Å². The molecule has 1 amide bonds. The van der Waals surface area contributed by atoms with E-state index in [1.807, 2.05) is 16.8 Å². The number of benzene rings is 1. The van der Waals surface area contributed by atoms with Gasteiger partial charge in [-0.05, 0) is 12.1 Å². The Bertz CT molecular complexity index is 604. The number of imidazole rings is 1. The largest absolute Gasteiger partial charge is 0.336 e. The first-order valence-electron chi connectivity index (χ1n) is 5.68. The van der Waals surface area contributed by atoms with Crippen molar-refractivity contribution in [3.05, 3.63) is 48.5 Å². The predicted octanol–water partition coefficient (Wildman–Crippen LogP) is 1.11. The third-order valence-corrected chi connectivity index (χ3v) is 3.02. The Kier molecular flexibility index (Phi) is 2.44. The zero-order valence-corrected chi connectivity index (χ0v) is 9.61. The number of carbonyl (C=O) groups excluding carboxylic acids is 2. The summed E-state index contributed by atoms with van der Waals surface area (Å²) in [6.07, 6.45) is 5.20. The van der Waals surface area contributed by atoms with E-state index in [1.54, 1.807) is 30.7 Å². The van der Waals surface area contributed by atoms with Gasteiger partial charge in [0.25, 0.3) is 11.7 Å². The third-order valence-electron chi connectivity index (χ3n) is 3.02. The van der Waals surface area contributed by atoms with Crippen LogP contribution in [0.25, 0.3) is 0 Å². The van der Waals surface area contributed by atoms with Crippen LogP contribution < -0.4 is 4.90 Å². The second kappa shape index (κ2) is 4.10. The third kappa shape index (κ3) is 1.60. The van der Waals surface area contributed by atoms with Crippen molar-refractivity contribution in [1.29, 1.82) is 0 Å². The molecule has 1 aromatic heterocycles. The van der Waals surface area contributed by atoms with Gasteiger partial charge >= 0.3 is 0 Å². The van der Waals surface area contributed by atoms with Gasteiger partial charge in [0.2, 0.25) is 0 Å². The highest BCUT2D eigenvalue weighted by molar-refractivity contribution is 6.52. The first-order valence-corrected chi connectivity index (χ1v) is 5.68. The zero-order chi connectivity index (χ0) is 12.5. The predicted molar refractivity (Wildman–Crippen MR) is 65.4 cm³/mol. The number of aromatic nitrogens is 2. The van der Waals surface area contributed by atoms with E-state index in [0.717, 1.165) is 0 Å². The standard InChI is InChI=1S/C13H11N3O2/c17-12-10-3-1-2-4-11(10)16(13(12)18)8-7-15-6-5-14-9-15/h1-6,9H,7-8H2. The molecule has 1 aliphatic rings. The minimum Gasteiger partial charge on any atom is -0.336 e. The van der Waals surface area contributed by atoms with Gasteiger partial charge in [-0.15, -0.1) is 0 Å². The molecule has 0 radical (unpaired) electrons. The molecule has 0 fully saturated rings. The van der Waals surface area contributed by atoms with Crippen molar-refractivity contribution >= 4 is 17.4 Å². The molecule has 1 aliphatic heterocycles. The molecular weight excluding hydrogens is 230 g/mol. The van der Waals surface area contributed by atoms with Gasteiger partial charge in [0, 0.05) is 25.5 Å². The molecule has 1 aromatic carbocycles. The summed E-state index contributed by atoms with van der Waals surface area (Å²) in [5.74, 6) is -0.868. The molecule has 0 bridgehead atoms. The van der Waals surface area contributed by atoms with Crippen molar-refractivity contribution in [1.82, 2.24) is 9.55 Å². The molecule has 5 heteroatoms. The van der Waals surface area contributed by atoms with Crippen molar-refractivity contribution in [2.75, 3.05) is 11.4 Å². The van der Waals surface area contributed by atoms with E-state index in [2.05, 4.69) is 4.98 Å². The lowest BCUT2D eigenvalue weighted by Crippen LogP contribution is -2.32. The van der Waals surface area contributed by atoms with Gasteiger partial charge in [-0.2, -0.15) is 0 Å². The second-order valence-corrected chi connectivity index (χ2v) is 4.10. The number of fused-ring (bicyclic) bond motifs is 1. The van der Waals surface area contributed by atoms with E-state index < -0.39 is 11.7 Å². The normalized spacial score (nSPS) is 14.1.